The highest BCUT2D eigenvalue weighted by Gasteiger charge is 2.17. The smallest absolute Gasteiger partial charge is 0.326 e. The number of amides is 1. The summed E-state index contributed by atoms with van der Waals surface area (Å²) in [6.07, 6.45) is 0. The van der Waals surface area contributed by atoms with Gasteiger partial charge in [-0.2, -0.15) is 0 Å². The standard InChI is InChI=1S/C20H26N2O4S/c1-12(2)15-7-6-8-16(13(3)4)19(15)21-17(23)10-26-18(24)9-22-14(5)11-27-20(22)25/h6-8,11-13H,9-10H2,1-5H3,(H,21,23). The summed E-state index contributed by atoms with van der Waals surface area (Å²) < 4.78 is 6.38. The molecular weight excluding hydrogens is 364 g/mol. The minimum atomic E-state index is -0.616. The first kappa shape index (κ1) is 20.9. The Morgan fingerprint density at radius 3 is 2.22 bits per heavy atom. The van der Waals surface area contributed by atoms with E-state index in [9.17, 15) is 14.4 Å². The average Bonchev–Trinajstić information content (AvgIpc) is 2.91. The Bertz CT molecular complexity index is 854. The molecule has 0 saturated heterocycles. The maximum Gasteiger partial charge on any atom is 0.326 e. The monoisotopic (exact) mass is 390 g/mol. The normalized spacial score (nSPS) is 11.1. The van der Waals surface area contributed by atoms with Crippen LogP contribution in [0, 0.1) is 6.92 Å². The Hall–Kier alpha value is -2.41. The Kier molecular flexibility index (Phi) is 6.96. The second-order valence-electron chi connectivity index (χ2n) is 7.06. The van der Waals surface area contributed by atoms with E-state index in [0.717, 1.165) is 28.2 Å². The number of nitrogens with one attached hydrogen (secondary N) is 1. The van der Waals surface area contributed by atoms with Gasteiger partial charge in [0.2, 0.25) is 0 Å². The van der Waals surface area contributed by atoms with Gasteiger partial charge in [-0.05, 0) is 29.9 Å². The first-order valence-corrected chi connectivity index (χ1v) is 9.81. The second-order valence-corrected chi connectivity index (χ2v) is 7.88. The number of hydrogen-bond acceptors (Lipinski definition) is 5. The minimum Gasteiger partial charge on any atom is -0.454 e. The van der Waals surface area contributed by atoms with Crippen molar-refractivity contribution in [2.24, 2.45) is 0 Å². The number of anilines is 1. The molecule has 146 valence electrons. The van der Waals surface area contributed by atoms with E-state index >= 15 is 0 Å². The van der Waals surface area contributed by atoms with Gasteiger partial charge in [-0.1, -0.05) is 57.2 Å². The molecule has 0 radical (unpaired) electrons. The summed E-state index contributed by atoms with van der Waals surface area (Å²) in [5.74, 6) is -0.521. The molecule has 6 nitrogen and oxygen atoms in total. The fourth-order valence-electron chi connectivity index (χ4n) is 2.79. The van der Waals surface area contributed by atoms with Crippen LogP contribution in [0.5, 0.6) is 0 Å². The lowest BCUT2D eigenvalue weighted by molar-refractivity contribution is -0.147. The Balaban J connectivity index is 2.04. The van der Waals surface area contributed by atoms with E-state index in [0.29, 0.717) is 5.69 Å². The zero-order chi connectivity index (χ0) is 20.1. The maximum atomic E-state index is 12.3. The number of carbonyl (C=O) groups excluding carboxylic acids is 2. The number of benzene rings is 1. The van der Waals surface area contributed by atoms with Gasteiger partial charge in [0.05, 0.1) is 0 Å². The van der Waals surface area contributed by atoms with Gasteiger partial charge >= 0.3 is 10.8 Å². The quantitative estimate of drug-likeness (QED) is 0.732. The summed E-state index contributed by atoms with van der Waals surface area (Å²) in [5.41, 5.74) is 3.56. The molecule has 1 aromatic carbocycles. The number of rotatable bonds is 7. The van der Waals surface area contributed by atoms with E-state index in [1.807, 2.05) is 18.2 Å². The molecule has 0 bridgehead atoms. The van der Waals surface area contributed by atoms with Crippen molar-refractivity contribution in [1.29, 1.82) is 0 Å². The van der Waals surface area contributed by atoms with Crippen LogP contribution in [0.1, 0.15) is 56.4 Å². The van der Waals surface area contributed by atoms with Crippen molar-refractivity contribution in [3.05, 3.63) is 50.1 Å². The van der Waals surface area contributed by atoms with Gasteiger partial charge in [-0.15, -0.1) is 0 Å². The van der Waals surface area contributed by atoms with Crippen molar-refractivity contribution in [3.63, 3.8) is 0 Å². The third-order valence-corrected chi connectivity index (χ3v) is 5.15. The average molecular weight is 391 g/mol. The van der Waals surface area contributed by atoms with Crippen molar-refractivity contribution in [2.45, 2.75) is 53.0 Å². The maximum absolute atomic E-state index is 12.3. The molecular formula is C20H26N2O4S. The van der Waals surface area contributed by atoms with Gasteiger partial charge < -0.3 is 10.1 Å². The number of para-hydroxylation sites is 1. The van der Waals surface area contributed by atoms with Gasteiger partial charge in [-0.3, -0.25) is 19.0 Å². The van der Waals surface area contributed by atoms with Crippen LogP contribution < -0.4 is 10.2 Å². The van der Waals surface area contributed by atoms with E-state index in [1.165, 1.54) is 4.57 Å². The van der Waals surface area contributed by atoms with E-state index in [-0.39, 0.29) is 29.9 Å². The molecule has 0 unspecified atom stereocenters. The molecule has 1 amide bonds. The number of aromatic nitrogens is 1. The summed E-state index contributed by atoms with van der Waals surface area (Å²) in [5, 5.41) is 4.58. The van der Waals surface area contributed by atoms with Crippen molar-refractivity contribution in [3.8, 4) is 0 Å². The summed E-state index contributed by atoms with van der Waals surface area (Å²) in [6, 6.07) is 5.97. The third kappa shape index (κ3) is 5.29. The number of ether oxygens (including phenoxy) is 1. The van der Waals surface area contributed by atoms with Crippen LogP contribution in [0.3, 0.4) is 0 Å². The van der Waals surface area contributed by atoms with Gasteiger partial charge in [0.1, 0.15) is 6.54 Å². The molecule has 7 heteroatoms. The Morgan fingerprint density at radius 2 is 1.74 bits per heavy atom. The summed E-state index contributed by atoms with van der Waals surface area (Å²) >= 11 is 1.03. The summed E-state index contributed by atoms with van der Waals surface area (Å²) in [7, 11) is 0. The fraction of sp³-hybridized carbons (Fsp3) is 0.450. The van der Waals surface area contributed by atoms with Crippen molar-refractivity contribution in [2.75, 3.05) is 11.9 Å². The molecule has 0 atom stereocenters. The molecule has 0 fully saturated rings. The lowest BCUT2D eigenvalue weighted by Crippen LogP contribution is -2.26. The highest BCUT2D eigenvalue weighted by Crippen LogP contribution is 2.32. The zero-order valence-corrected chi connectivity index (χ0v) is 17.2. The summed E-state index contributed by atoms with van der Waals surface area (Å²) in [4.78, 5) is 35.7. The van der Waals surface area contributed by atoms with E-state index < -0.39 is 11.9 Å². The minimum absolute atomic E-state index is 0.193. The van der Waals surface area contributed by atoms with E-state index in [1.54, 1.807) is 12.3 Å². The largest absolute Gasteiger partial charge is 0.454 e. The number of hydrogen-bond donors (Lipinski definition) is 1. The molecule has 0 aliphatic heterocycles. The Morgan fingerprint density at radius 1 is 1.15 bits per heavy atom. The topological polar surface area (TPSA) is 77.4 Å². The number of esters is 1. The van der Waals surface area contributed by atoms with Crippen LogP contribution in [0.15, 0.2) is 28.4 Å². The molecule has 0 saturated carbocycles. The van der Waals surface area contributed by atoms with Crippen molar-refractivity contribution in [1.82, 2.24) is 4.57 Å². The van der Waals surface area contributed by atoms with Gasteiger partial charge in [-0.25, -0.2) is 0 Å². The highest BCUT2D eigenvalue weighted by atomic mass is 32.1. The van der Waals surface area contributed by atoms with E-state index in [2.05, 4.69) is 33.0 Å². The molecule has 2 aromatic rings. The van der Waals surface area contributed by atoms with Crippen LogP contribution in [-0.4, -0.2) is 23.1 Å². The molecule has 0 aliphatic carbocycles. The number of aryl methyl sites for hydroxylation is 1. The van der Waals surface area contributed by atoms with Crippen LogP contribution in [0.25, 0.3) is 0 Å². The lowest BCUT2D eigenvalue weighted by Gasteiger charge is -2.20. The molecule has 27 heavy (non-hydrogen) atoms. The molecule has 1 N–H and O–H groups in total. The third-order valence-electron chi connectivity index (χ3n) is 4.27. The molecule has 0 aliphatic rings. The zero-order valence-electron chi connectivity index (χ0n) is 16.4. The second kappa shape index (κ2) is 8.99. The van der Waals surface area contributed by atoms with Crippen LogP contribution in [0.2, 0.25) is 0 Å². The first-order valence-electron chi connectivity index (χ1n) is 8.93. The highest BCUT2D eigenvalue weighted by molar-refractivity contribution is 7.07. The van der Waals surface area contributed by atoms with Crippen LogP contribution >= 0.6 is 11.3 Å². The fourth-order valence-corrected chi connectivity index (χ4v) is 3.52. The number of nitrogens with zero attached hydrogens (tertiary/aromatic N) is 1. The predicted octanol–water partition coefficient (Wildman–Crippen LogP) is 3.65. The predicted molar refractivity (Wildman–Crippen MR) is 108 cm³/mol. The first-order chi connectivity index (χ1) is 12.7. The van der Waals surface area contributed by atoms with Gasteiger partial charge in [0.15, 0.2) is 6.61 Å². The summed E-state index contributed by atoms with van der Waals surface area (Å²) in [6.45, 7) is 9.42. The van der Waals surface area contributed by atoms with Gasteiger partial charge in [0, 0.05) is 16.8 Å². The van der Waals surface area contributed by atoms with Crippen LogP contribution in [0.4, 0.5) is 5.69 Å². The molecule has 1 aromatic heterocycles. The van der Waals surface area contributed by atoms with E-state index in [4.69, 9.17) is 4.74 Å². The van der Waals surface area contributed by atoms with Crippen LogP contribution in [-0.2, 0) is 20.9 Å². The number of thiazole rings is 1. The van der Waals surface area contributed by atoms with Crippen molar-refractivity contribution < 1.29 is 14.3 Å². The molecule has 0 spiro atoms. The SMILES string of the molecule is Cc1csc(=O)n1CC(=O)OCC(=O)Nc1c(C(C)C)cccc1C(C)C. The number of carbonyl (C=O) groups is 2. The molecule has 1 heterocycles. The lowest BCUT2D eigenvalue weighted by atomic mass is 9.92. The molecule has 2 rings (SSSR count). The van der Waals surface area contributed by atoms with Gasteiger partial charge in [0.25, 0.3) is 5.91 Å². The van der Waals surface area contributed by atoms with Crippen molar-refractivity contribution >= 4 is 28.9 Å². The Labute approximate surface area is 163 Å².